The lowest BCUT2D eigenvalue weighted by molar-refractivity contribution is -0.161. The van der Waals surface area contributed by atoms with Crippen molar-refractivity contribution < 1.29 is 63.1 Å². The predicted octanol–water partition coefficient (Wildman–Crippen LogP) is 8.94. The number of aliphatic hydroxyl groups is 5. The summed E-state index contributed by atoms with van der Waals surface area (Å²) in [6.07, 6.45) is 29.2. The Morgan fingerprint density at radius 1 is 0.683 bits per heavy atom. The van der Waals surface area contributed by atoms with Crippen LogP contribution in [0, 0.1) is 11.8 Å². The molecule has 60 heavy (non-hydrogen) atoms. The molecular weight excluding hydrogens is 791 g/mol. The van der Waals surface area contributed by atoms with Crippen molar-refractivity contribution in [2.24, 2.45) is 11.8 Å². The molecular formula is C46H85O13P. The second kappa shape index (κ2) is 36.8. The zero-order valence-electron chi connectivity index (χ0n) is 37.3. The minimum atomic E-state index is -4.67. The number of carbonyl (C=O) groups is 2. The molecule has 13 nitrogen and oxygen atoms in total. The van der Waals surface area contributed by atoms with Crippen molar-refractivity contribution in [2.45, 2.75) is 218 Å². The Hall–Kier alpha value is -1.67. The predicted molar refractivity (Wildman–Crippen MR) is 235 cm³/mol. The van der Waals surface area contributed by atoms with Crippen molar-refractivity contribution in [1.29, 1.82) is 0 Å². The van der Waals surface area contributed by atoms with Crippen molar-refractivity contribution in [1.82, 2.24) is 0 Å². The first-order chi connectivity index (χ1) is 28.9. The Bertz CT molecular complexity index is 1170. The van der Waals surface area contributed by atoms with Crippen LogP contribution in [0.25, 0.3) is 0 Å². The topological polar surface area (TPSA) is 210 Å². The summed E-state index contributed by atoms with van der Waals surface area (Å²) in [4.78, 5) is 35.3. The van der Waals surface area contributed by atoms with Gasteiger partial charge in [0.05, 0.1) is 38.1 Å². The van der Waals surface area contributed by atoms with E-state index in [2.05, 4.69) is 30.5 Å². The smallest absolute Gasteiger partial charge is 0.462 e. The summed E-state index contributed by atoms with van der Waals surface area (Å²) in [5.74, 6) is -1.38. The average Bonchev–Trinajstić information content (AvgIpc) is 3.49. The highest BCUT2D eigenvalue weighted by Crippen LogP contribution is 2.43. The third-order valence-corrected chi connectivity index (χ3v) is 12.1. The summed E-state index contributed by atoms with van der Waals surface area (Å²) in [6, 6.07) is 0. The van der Waals surface area contributed by atoms with Crippen LogP contribution in [0.3, 0.4) is 0 Å². The zero-order chi connectivity index (χ0) is 44.3. The number of allylic oxidation sites excluding steroid dienone is 2. The van der Waals surface area contributed by atoms with Crippen LogP contribution in [-0.2, 0) is 32.7 Å². The van der Waals surface area contributed by atoms with Crippen LogP contribution in [0.5, 0.6) is 0 Å². The van der Waals surface area contributed by atoms with E-state index in [9.17, 15) is 39.5 Å². The number of unbranched alkanes of at least 4 members (excludes halogenated alkanes) is 18. The van der Waals surface area contributed by atoms with Gasteiger partial charge in [0.1, 0.15) is 12.7 Å². The van der Waals surface area contributed by atoms with Gasteiger partial charge >= 0.3 is 19.8 Å². The zero-order valence-corrected chi connectivity index (χ0v) is 38.2. The van der Waals surface area contributed by atoms with Gasteiger partial charge in [-0.05, 0) is 57.3 Å². The monoisotopic (exact) mass is 877 g/mol. The van der Waals surface area contributed by atoms with Gasteiger partial charge in [-0.3, -0.25) is 18.6 Å². The molecule has 0 aromatic heterocycles. The number of phosphoric acid groups is 1. The maximum absolute atomic E-state index is 12.7. The van der Waals surface area contributed by atoms with Gasteiger partial charge in [-0.2, -0.15) is 0 Å². The number of hydrogen-bond acceptors (Lipinski definition) is 12. The SMILES string of the molecule is CCCCCCCC/C=C\CCCCCCCCCC(=O)O[C@H](COC(=O)CCCCCC[C@@H]1[C@@H](/C=C/[C@@H](O)CCCCC)[C@H](O)C[C@@H]1O)COP(=O)(O)OC[C@@H](O)CO. The van der Waals surface area contributed by atoms with Crippen molar-refractivity contribution in [2.75, 3.05) is 26.4 Å². The lowest BCUT2D eigenvalue weighted by Crippen LogP contribution is -2.29. The molecule has 0 aromatic carbocycles. The van der Waals surface area contributed by atoms with Gasteiger partial charge in [0.25, 0.3) is 0 Å². The van der Waals surface area contributed by atoms with Gasteiger partial charge in [0, 0.05) is 25.2 Å². The Balaban J connectivity index is 2.40. The van der Waals surface area contributed by atoms with E-state index in [0.717, 1.165) is 70.6 Å². The Kier molecular flexibility index (Phi) is 34.5. The van der Waals surface area contributed by atoms with Crippen LogP contribution in [0.2, 0.25) is 0 Å². The third-order valence-electron chi connectivity index (χ3n) is 11.2. The van der Waals surface area contributed by atoms with E-state index in [1.165, 1.54) is 57.8 Å². The van der Waals surface area contributed by atoms with E-state index in [0.29, 0.717) is 32.1 Å². The fraction of sp³-hybridized carbons (Fsp3) is 0.870. The molecule has 1 aliphatic carbocycles. The van der Waals surface area contributed by atoms with Crippen LogP contribution >= 0.6 is 7.82 Å². The van der Waals surface area contributed by atoms with Crippen LogP contribution in [-0.4, -0.2) is 99.3 Å². The highest BCUT2D eigenvalue weighted by atomic mass is 31.2. The summed E-state index contributed by atoms with van der Waals surface area (Å²) >= 11 is 0. The molecule has 0 amide bonds. The van der Waals surface area contributed by atoms with E-state index in [4.69, 9.17) is 19.1 Å². The summed E-state index contributed by atoms with van der Waals surface area (Å²) in [5.41, 5.74) is 0. The normalized spacial score (nSPS) is 20.7. The number of aliphatic hydroxyl groups excluding tert-OH is 5. The molecule has 0 heterocycles. The molecule has 1 saturated carbocycles. The van der Waals surface area contributed by atoms with Gasteiger partial charge in [0.2, 0.25) is 0 Å². The number of hydrogen-bond donors (Lipinski definition) is 6. The first kappa shape index (κ1) is 56.3. The lowest BCUT2D eigenvalue weighted by atomic mass is 9.88. The minimum absolute atomic E-state index is 0.0998. The van der Waals surface area contributed by atoms with Crippen LogP contribution < -0.4 is 0 Å². The molecule has 0 aromatic rings. The highest BCUT2D eigenvalue weighted by molar-refractivity contribution is 7.47. The average molecular weight is 877 g/mol. The molecule has 0 saturated heterocycles. The number of phosphoric ester groups is 1. The fourth-order valence-electron chi connectivity index (χ4n) is 7.50. The molecule has 352 valence electrons. The molecule has 0 aliphatic heterocycles. The minimum Gasteiger partial charge on any atom is -0.462 e. The Morgan fingerprint density at radius 3 is 1.83 bits per heavy atom. The van der Waals surface area contributed by atoms with Crippen LogP contribution in [0.15, 0.2) is 24.3 Å². The van der Waals surface area contributed by atoms with Crippen LogP contribution in [0.1, 0.15) is 187 Å². The first-order valence-corrected chi connectivity index (χ1v) is 25.0. The number of rotatable bonds is 40. The number of ether oxygens (including phenoxy) is 2. The van der Waals surface area contributed by atoms with Gasteiger partial charge < -0.3 is 39.9 Å². The molecule has 1 rings (SSSR count). The van der Waals surface area contributed by atoms with Gasteiger partial charge in [-0.15, -0.1) is 0 Å². The maximum Gasteiger partial charge on any atom is 0.472 e. The Labute approximate surface area is 362 Å². The molecule has 0 radical (unpaired) electrons. The standard InChI is InChI=1S/C46H85O13P/c1-3-5-7-8-9-10-11-12-13-14-15-16-17-18-19-20-26-30-46(53)59-40(37-58-60(54,55)57-35-39(49)34-47)36-56-45(52)29-25-22-21-24-28-41-42(44(51)33-43(41)50)32-31-38(48)27-23-6-4-2/h12-13,31-32,38-44,47-51H,3-11,14-30,33-37H2,1-2H3,(H,54,55)/b13-12-,32-31+/t38-,39-,40+,41+,42+,43-,44+/m0/s1. The second-order valence-corrected chi connectivity index (χ2v) is 18.2. The summed E-state index contributed by atoms with van der Waals surface area (Å²) in [7, 11) is -4.67. The molecule has 1 unspecified atom stereocenters. The molecule has 6 N–H and O–H groups in total. The van der Waals surface area contributed by atoms with Crippen LogP contribution in [0.4, 0.5) is 0 Å². The summed E-state index contributed by atoms with van der Waals surface area (Å²) in [6.45, 7) is 2.05. The van der Waals surface area contributed by atoms with E-state index in [-0.39, 0.29) is 31.3 Å². The van der Waals surface area contributed by atoms with E-state index >= 15 is 0 Å². The largest absolute Gasteiger partial charge is 0.472 e. The molecule has 1 aliphatic rings. The number of carbonyl (C=O) groups excluding carboxylic acids is 2. The third kappa shape index (κ3) is 30.4. The van der Waals surface area contributed by atoms with E-state index in [1.54, 1.807) is 6.08 Å². The molecule has 8 atom stereocenters. The fourth-order valence-corrected chi connectivity index (χ4v) is 8.29. The molecule has 1 fully saturated rings. The molecule has 0 bridgehead atoms. The first-order valence-electron chi connectivity index (χ1n) is 23.6. The maximum atomic E-state index is 12.7. The highest BCUT2D eigenvalue weighted by Gasteiger charge is 2.39. The number of esters is 2. The van der Waals surface area contributed by atoms with Gasteiger partial charge in [-0.1, -0.05) is 141 Å². The quantitative estimate of drug-likeness (QED) is 0.0147. The van der Waals surface area contributed by atoms with Crippen molar-refractivity contribution in [3.8, 4) is 0 Å². The summed E-state index contributed by atoms with van der Waals surface area (Å²) < 4.78 is 32.8. The van der Waals surface area contributed by atoms with Gasteiger partial charge in [-0.25, -0.2) is 4.57 Å². The van der Waals surface area contributed by atoms with E-state index < -0.39 is 70.1 Å². The van der Waals surface area contributed by atoms with Crippen molar-refractivity contribution >= 4 is 19.8 Å². The van der Waals surface area contributed by atoms with Crippen molar-refractivity contribution in [3.63, 3.8) is 0 Å². The molecule has 0 spiro atoms. The van der Waals surface area contributed by atoms with E-state index in [1.807, 2.05) is 6.08 Å². The second-order valence-electron chi connectivity index (χ2n) is 16.7. The summed E-state index contributed by atoms with van der Waals surface area (Å²) in [5, 5.41) is 49.8. The lowest BCUT2D eigenvalue weighted by Gasteiger charge is -2.21. The van der Waals surface area contributed by atoms with Gasteiger partial charge in [0.15, 0.2) is 6.10 Å². The Morgan fingerprint density at radius 2 is 1.22 bits per heavy atom. The molecule has 14 heteroatoms. The van der Waals surface area contributed by atoms with Crippen molar-refractivity contribution in [3.05, 3.63) is 24.3 Å².